The Hall–Kier alpha value is -1.72. The number of nitrogens with one attached hydrogen (secondary N) is 2. The summed E-state index contributed by atoms with van der Waals surface area (Å²) in [6, 6.07) is 0. The fraction of sp³-hybridized carbons (Fsp3) is 0.750. The van der Waals surface area contributed by atoms with Gasteiger partial charge < -0.3 is 0 Å². The van der Waals surface area contributed by atoms with E-state index < -0.39 is 11.8 Å². The van der Waals surface area contributed by atoms with Gasteiger partial charge in [0, 0.05) is 11.4 Å². The Morgan fingerprint density at radius 3 is 1.14 bits per heavy atom. The van der Waals surface area contributed by atoms with Crippen molar-refractivity contribution < 1.29 is 9.59 Å². The van der Waals surface area contributed by atoms with Gasteiger partial charge in [-0.1, -0.05) is 53.4 Å². The normalized spacial score (nSPS) is 9.82. The summed E-state index contributed by atoms with van der Waals surface area (Å²) < 4.78 is 0. The van der Waals surface area contributed by atoms with Crippen molar-refractivity contribution in [2.24, 2.45) is 10.2 Å². The molecule has 0 aliphatic carbocycles. The standard InChI is InChI=1S/C16H30N4O2/c1-5-9-13(10-6-2)17-19-15(21)16(22)20-18-14(11-7-3)12-8-4/h5-12H2,1-4H3,(H,19,21)(H,20,22). The molecule has 0 rings (SSSR count). The van der Waals surface area contributed by atoms with Gasteiger partial charge in [-0.2, -0.15) is 10.2 Å². The second-order valence-electron chi connectivity index (χ2n) is 5.24. The third-order valence-corrected chi connectivity index (χ3v) is 2.99. The zero-order valence-corrected chi connectivity index (χ0v) is 14.4. The van der Waals surface area contributed by atoms with Crippen LogP contribution in [0.4, 0.5) is 0 Å². The third kappa shape index (κ3) is 9.26. The van der Waals surface area contributed by atoms with Gasteiger partial charge in [0.05, 0.1) is 0 Å². The molecule has 0 atom stereocenters. The van der Waals surface area contributed by atoms with Crippen molar-refractivity contribution in [3.63, 3.8) is 0 Å². The van der Waals surface area contributed by atoms with Crippen LogP contribution in [-0.2, 0) is 9.59 Å². The van der Waals surface area contributed by atoms with Crippen molar-refractivity contribution in [2.75, 3.05) is 0 Å². The van der Waals surface area contributed by atoms with E-state index in [-0.39, 0.29) is 0 Å². The van der Waals surface area contributed by atoms with Crippen molar-refractivity contribution in [1.29, 1.82) is 0 Å². The summed E-state index contributed by atoms with van der Waals surface area (Å²) in [5, 5.41) is 8.06. The summed E-state index contributed by atoms with van der Waals surface area (Å²) >= 11 is 0. The van der Waals surface area contributed by atoms with Gasteiger partial charge in [-0.25, -0.2) is 10.9 Å². The number of amides is 2. The third-order valence-electron chi connectivity index (χ3n) is 2.99. The van der Waals surface area contributed by atoms with E-state index in [0.717, 1.165) is 62.8 Å². The van der Waals surface area contributed by atoms with Gasteiger partial charge >= 0.3 is 11.8 Å². The molecule has 0 aliphatic heterocycles. The van der Waals surface area contributed by atoms with Crippen LogP contribution in [0, 0.1) is 0 Å². The highest BCUT2D eigenvalue weighted by atomic mass is 16.2. The van der Waals surface area contributed by atoms with Gasteiger partial charge in [0.25, 0.3) is 0 Å². The largest absolute Gasteiger partial charge is 0.331 e. The molecule has 0 aromatic heterocycles. The Morgan fingerprint density at radius 2 is 0.909 bits per heavy atom. The summed E-state index contributed by atoms with van der Waals surface area (Å²) in [4.78, 5) is 23.4. The Balaban J connectivity index is 4.49. The van der Waals surface area contributed by atoms with Crippen molar-refractivity contribution in [3.05, 3.63) is 0 Å². The van der Waals surface area contributed by atoms with Crippen molar-refractivity contribution in [1.82, 2.24) is 10.9 Å². The minimum Gasteiger partial charge on any atom is -0.262 e. The first-order chi connectivity index (χ1) is 10.6. The number of carbonyl (C=O) groups excluding carboxylic acids is 2. The summed E-state index contributed by atoms with van der Waals surface area (Å²) in [6.07, 6.45) is 7.14. The number of nitrogens with zero attached hydrogens (tertiary/aromatic N) is 2. The van der Waals surface area contributed by atoms with E-state index >= 15 is 0 Å². The highest BCUT2D eigenvalue weighted by molar-refractivity contribution is 6.35. The number of hydrogen-bond acceptors (Lipinski definition) is 4. The van der Waals surface area contributed by atoms with E-state index in [1.54, 1.807) is 0 Å². The Bertz CT molecular complexity index is 349. The molecule has 22 heavy (non-hydrogen) atoms. The molecule has 0 heterocycles. The molecule has 0 fully saturated rings. The summed E-state index contributed by atoms with van der Waals surface area (Å²) in [7, 11) is 0. The fourth-order valence-corrected chi connectivity index (χ4v) is 1.99. The molecule has 0 saturated carbocycles. The fourth-order valence-electron chi connectivity index (χ4n) is 1.99. The molecule has 0 bridgehead atoms. The summed E-state index contributed by atoms with van der Waals surface area (Å²) in [5.74, 6) is -1.55. The van der Waals surface area contributed by atoms with Gasteiger partial charge in [-0.15, -0.1) is 0 Å². The van der Waals surface area contributed by atoms with Crippen LogP contribution >= 0.6 is 0 Å². The predicted octanol–water partition coefficient (Wildman–Crippen LogP) is 3.13. The molecule has 0 aromatic rings. The van der Waals surface area contributed by atoms with E-state index in [1.165, 1.54) is 0 Å². The number of carbonyl (C=O) groups is 2. The maximum Gasteiger partial charge on any atom is 0.331 e. The molecular weight excluding hydrogens is 280 g/mol. The lowest BCUT2D eigenvalue weighted by Crippen LogP contribution is -2.36. The van der Waals surface area contributed by atoms with E-state index in [0.29, 0.717) is 0 Å². The lowest BCUT2D eigenvalue weighted by Gasteiger charge is -2.05. The topological polar surface area (TPSA) is 82.9 Å². The molecule has 0 spiro atoms. The average Bonchev–Trinajstić information content (AvgIpc) is 2.50. The Morgan fingerprint density at radius 1 is 0.636 bits per heavy atom. The first-order valence-corrected chi connectivity index (χ1v) is 8.30. The highest BCUT2D eigenvalue weighted by Gasteiger charge is 2.12. The maximum atomic E-state index is 11.7. The van der Waals surface area contributed by atoms with Gasteiger partial charge in [-0.3, -0.25) is 9.59 Å². The SMILES string of the molecule is CCCC(CCC)=NNC(=O)C(=O)NN=C(CCC)CCC. The molecule has 0 saturated heterocycles. The monoisotopic (exact) mass is 310 g/mol. The quantitative estimate of drug-likeness (QED) is 0.369. The van der Waals surface area contributed by atoms with Crippen LogP contribution in [0.2, 0.25) is 0 Å². The Kier molecular flexibility index (Phi) is 12.0. The summed E-state index contributed by atoms with van der Waals surface area (Å²) in [6.45, 7) is 8.21. The molecule has 0 unspecified atom stereocenters. The van der Waals surface area contributed by atoms with Gasteiger partial charge in [0.15, 0.2) is 0 Å². The number of hydrogen-bond donors (Lipinski definition) is 2. The number of rotatable bonds is 10. The minimum absolute atomic E-state index is 0.777. The number of hydrazone groups is 2. The summed E-state index contributed by atoms with van der Waals surface area (Å²) in [5.41, 5.74) is 6.43. The van der Waals surface area contributed by atoms with Crippen LogP contribution in [0.1, 0.15) is 79.1 Å². The first kappa shape index (κ1) is 20.3. The van der Waals surface area contributed by atoms with Crippen molar-refractivity contribution >= 4 is 23.2 Å². The molecule has 6 heteroatoms. The van der Waals surface area contributed by atoms with Crippen molar-refractivity contribution in [2.45, 2.75) is 79.1 Å². The molecule has 0 aliphatic rings. The molecular formula is C16H30N4O2. The molecule has 6 nitrogen and oxygen atoms in total. The lowest BCUT2D eigenvalue weighted by molar-refractivity contribution is -0.139. The lowest BCUT2D eigenvalue weighted by atomic mass is 10.1. The smallest absolute Gasteiger partial charge is 0.262 e. The van der Waals surface area contributed by atoms with Crippen LogP contribution in [-0.4, -0.2) is 23.2 Å². The second-order valence-corrected chi connectivity index (χ2v) is 5.24. The zero-order valence-electron chi connectivity index (χ0n) is 14.4. The van der Waals surface area contributed by atoms with E-state index in [4.69, 9.17) is 0 Å². The molecule has 126 valence electrons. The van der Waals surface area contributed by atoms with E-state index in [9.17, 15) is 9.59 Å². The van der Waals surface area contributed by atoms with Crippen molar-refractivity contribution in [3.8, 4) is 0 Å². The van der Waals surface area contributed by atoms with E-state index in [2.05, 4.69) is 48.7 Å². The molecule has 0 aromatic carbocycles. The van der Waals surface area contributed by atoms with Crippen LogP contribution in [0.15, 0.2) is 10.2 Å². The second kappa shape index (κ2) is 13.0. The minimum atomic E-state index is -0.777. The van der Waals surface area contributed by atoms with Gasteiger partial charge in [0.1, 0.15) is 0 Å². The van der Waals surface area contributed by atoms with Gasteiger partial charge in [-0.05, 0) is 25.7 Å². The molecule has 2 N–H and O–H groups in total. The van der Waals surface area contributed by atoms with Gasteiger partial charge in [0.2, 0.25) is 0 Å². The highest BCUT2D eigenvalue weighted by Crippen LogP contribution is 2.00. The van der Waals surface area contributed by atoms with Crippen LogP contribution in [0.5, 0.6) is 0 Å². The average molecular weight is 310 g/mol. The predicted molar refractivity (Wildman–Crippen MR) is 90.8 cm³/mol. The Labute approximate surface area is 133 Å². The van der Waals surface area contributed by atoms with Crippen LogP contribution < -0.4 is 10.9 Å². The maximum absolute atomic E-state index is 11.7. The molecule has 2 amide bonds. The zero-order chi connectivity index (χ0) is 16.8. The van der Waals surface area contributed by atoms with Crippen LogP contribution in [0.25, 0.3) is 0 Å². The van der Waals surface area contributed by atoms with Crippen LogP contribution in [0.3, 0.4) is 0 Å². The van der Waals surface area contributed by atoms with E-state index in [1.807, 2.05) is 0 Å². The first-order valence-electron chi connectivity index (χ1n) is 8.30. The molecule has 0 radical (unpaired) electrons.